The number of carbonyl (C=O) groups is 1. The monoisotopic (exact) mass is 243 g/mol. The van der Waals surface area contributed by atoms with Gasteiger partial charge in [0.05, 0.1) is 6.54 Å². The second-order valence-corrected chi connectivity index (χ2v) is 4.88. The molecule has 6 heteroatoms. The van der Waals surface area contributed by atoms with Gasteiger partial charge >= 0.3 is 6.09 Å². The lowest BCUT2D eigenvalue weighted by Crippen LogP contribution is -2.52. The molecule has 1 fully saturated rings. The molecular formula is C11H21N3O3. The Morgan fingerprint density at radius 1 is 1.47 bits per heavy atom. The van der Waals surface area contributed by atoms with Gasteiger partial charge in [0.15, 0.2) is 0 Å². The first-order valence-electron chi connectivity index (χ1n) is 5.86. The molecular weight excluding hydrogens is 222 g/mol. The van der Waals surface area contributed by atoms with Crippen molar-refractivity contribution in [2.75, 3.05) is 19.6 Å². The first-order valence-corrected chi connectivity index (χ1v) is 5.86. The van der Waals surface area contributed by atoms with Crippen LogP contribution in [0, 0.1) is 0 Å². The number of aliphatic imine (C=N–C) groups is 1. The summed E-state index contributed by atoms with van der Waals surface area (Å²) in [6.45, 7) is 8.78. The normalized spacial score (nSPS) is 19.7. The number of nitrogens with zero attached hydrogens (tertiary/aromatic N) is 3. The van der Waals surface area contributed by atoms with Gasteiger partial charge in [-0.25, -0.2) is 14.8 Å². The summed E-state index contributed by atoms with van der Waals surface area (Å²) in [5.74, 6) is 0.271. The quantitative estimate of drug-likeness (QED) is 0.761. The van der Waals surface area contributed by atoms with E-state index in [1.807, 2.05) is 27.7 Å². The third-order valence-corrected chi connectivity index (χ3v) is 2.14. The van der Waals surface area contributed by atoms with Crippen LogP contribution in [0.25, 0.3) is 0 Å². The standard InChI is InChI=1S/C11H21N3O3/c1-5-12-9-13(7-6-8-14(9)16)10(15)17-11(2,3)4/h16H,5-8H2,1-4H3/b12-9-. The smallest absolute Gasteiger partial charge is 0.417 e. The summed E-state index contributed by atoms with van der Waals surface area (Å²) < 4.78 is 5.27. The van der Waals surface area contributed by atoms with E-state index in [2.05, 4.69) is 4.99 Å². The Kier molecular flexibility index (Phi) is 4.34. The van der Waals surface area contributed by atoms with Gasteiger partial charge in [-0.2, -0.15) is 0 Å². The highest BCUT2D eigenvalue weighted by Crippen LogP contribution is 2.14. The van der Waals surface area contributed by atoms with E-state index in [1.165, 1.54) is 4.90 Å². The Labute approximate surface area is 102 Å². The number of amides is 1. The molecule has 0 unspecified atom stereocenters. The second-order valence-electron chi connectivity index (χ2n) is 4.88. The maximum Gasteiger partial charge on any atom is 0.417 e. The molecule has 0 aromatic rings. The number of hydroxylamine groups is 2. The van der Waals surface area contributed by atoms with Gasteiger partial charge in [0.1, 0.15) is 5.60 Å². The van der Waals surface area contributed by atoms with Crippen molar-refractivity contribution in [3.63, 3.8) is 0 Å². The highest BCUT2D eigenvalue weighted by molar-refractivity contribution is 5.94. The minimum Gasteiger partial charge on any atom is -0.443 e. The largest absolute Gasteiger partial charge is 0.443 e. The van der Waals surface area contributed by atoms with E-state index in [0.29, 0.717) is 26.1 Å². The minimum absolute atomic E-state index is 0.271. The lowest BCUT2D eigenvalue weighted by atomic mass is 10.2. The second kappa shape index (κ2) is 5.35. The lowest BCUT2D eigenvalue weighted by molar-refractivity contribution is -0.0468. The van der Waals surface area contributed by atoms with Crippen LogP contribution in [0.2, 0.25) is 0 Å². The molecule has 1 aliphatic rings. The SMILES string of the molecule is CC/N=C1\N(O)CCCN1C(=O)OC(C)(C)C. The lowest BCUT2D eigenvalue weighted by Gasteiger charge is -2.34. The van der Waals surface area contributed by atoms with Crippen molar-refractivity contribution < 1.29 is 14.7 Å². The summed E-state index contributed by atoms with van der Waals surface area (Å²) in [5.41, 5.74) is -0.549. The zero-order valence-corrected chi connectivity index (χ0v) is 10.9. The van der Waals surface area contributed by atoms with Crippen LogP contribution in [-0.4, -0.2) is 52.5 Å². The van der Waals surface area contributed by atoms with Crippen LogP contribution < -0.4 is 0 Å². The van der Waals surface area contributed by atoms with Crippen molar-refractivity contribution in [1.82, 2.24) is 9.96 Å². The number of hydrogen-bond donors (Lipinski definition) is 1. The molecule has 98 valence electrons. The van der Waals surface area contributed by atoms with Crippen LogP contribution in [0.4, 0.5) is 4.79 Å². The van der Waals surface area contributed by atoms with E-state index >= 15 is 0 Å². The fourth-order valence-electron chi connectivity index (χ4n) is 1.52. The van der Waals surface area contributed by atoms with Gasteiger partial charge in [-0.05, 0) is 34.1 Å². The Morgan fingerprint density at radius 3 is 2.65 bits per heavy atom. The molecule has 0 bridgehead atoms. The molecule has 1 heterocycles. The molecule has 0 aromatic carbocycles. The van der Waals surface area contributed by atoms with Gasteiger partial charge in [-0.3, -0.25) is 10.2 Å². The van der Waals surface area contributed by atoms with Crippen molar-refractivity contribution in [2.45, 2.75) is 39.7 Å². The number of guanidine groups is 1. The first-order chi connectivity index (χ1) is 7.85. The van der Waals surface area contributed by atoms with E-state index in [0.717, 1.165) is 5.06 Å². The molecule has 17 heavy (non-hydrogen) atoms. The summed E-state index contributed by atoms with van der Waals surface area (Å²) >= 11 is 0. The molecule has 1 N–H and O–H groups in total. The van der Waals surface area contributed by atoms with E-state index in [-0.39, 0.29) is 5.96 Å². The van der Waals surface area contributed by atoms with Gasteiger partial charge in [0.2, 0.25) is 5.96 Å². The molecule has 1 aliphatic heterocycles. The van der Waals surface area contributed by atoms with Crippen molar-refractivity contribution in [2.24, 2.45) is 4.99 Å². The average molecular weight is 243 g/mol. The third kappa shape index (κ3) is 3.89. The molecule has 0 aromatic heterocycles. The maximum absolute atomic E-state index is 11.9. The number of carbonyl (C=O) groups excluding carboxylic acids is 1. The predicted molar refractivity (Wildman–Crippen MR) is 64.0 cm³/mol. The number of rotatable bonds is 1. The zero-order valence-electron chi connectivity index (χ0n) is 10.9. The third-order valence-electron chi connectivity index (χ3n) is 2.14. The van der Waals surface area contributed by atoms with Crippen molar-refractivity contribution in [3.05, 3.63) is 0 Å². The maximum atomic E-state index is 11.9. The summed E-state index contributed by atoms with van der Waals surface area (Å²) in [6, 6.07) is 0. The summed E-state index contributed by atoms with van der Waals surface area (Å²) in [5, 5.41) is 10.7. The zero-order chi connectivity index (χ0) is 13.1. The molecule has 0 saturated carbocycles. The Hall–Kier alpha value is -1.30. The van der Waals surface area contributed by atoms with Gasteiger partial charge in [0, 0.05) is 13.1 Å². The van der Waals surface area contributed by atoms with Crippen molar-refractivity contribution in [3.8, 4) is 0 Å². The highest BCUT2D eigenvalue weighted by Gasteiger charge is 2.31. The van der Waals surface area contributed by atoms with Crippen LogP contribution in [0.5, 0.6) is 0 Å². The van der Waals surface area contributed by atoms with Crippen LogP contribution in [0.15, 0.2) is 4.99 Å². The van der Waals surface area contributed by atoms with Gasteiger partial charge < -0.3 is 4.74 Å². The molecule has 0 spiro atoms. The number of ether oxygens (including phenoxy) is 1. The van der Waals surface area contributed by atoms with E-state index in [9.17, 15) is 10.0 Å². The average Bonchev–Trinajstić information content (AvgIpc) is 2.18. The number of hydrogen-bond acceptors (Lipinski definition) is 4. The van der Waals surface area contributed by atoms with E-state index in [1.54, 1.807) is 0 Å². The molecule has 1 rings (SSSR count). The predicted octanol–water partition coefficient (Wildman–Crippen LogP) is 1.69. The topological polar surface area (TPSA) is 65.4 Å². The molecule has 1 saturated heterocycles. The first kappa shape index (κ1) is 13.8. The molecule has 0 atom stereocenters. The summed E-state index contributed by atoms with van der Waals surface area (Å²) in [4.78, 5) is 17.4. The van der Waals surface area contributed by atoms with Crippen LogP contribution in [-0.2, 0) is 4.74 Å². The van der Waals surface area contributed by atoms with Gasteiger partial charge in [0.25, 0.3) is 0 Å². The highest BCUT2D eigenvalue weighted by atomic mass is 16.6. The fraction of sp³-hybridized carbons (Fsp3) is 0.818. The van der Waals surface area contributed by atoms with Crippen LogP contribution >= 0.6 is 0 Å². The van der Waals surface area contributed by atoms with Crippen molar-refractivity contribution >= 4 is 12.1 Å². The summed E-state index contributed by atoms with van der Waals surface area (Å²) in [7, 11) is 0. The Morgan fingerprint density at radius 2 is 2.12 bits per heavy atom. The van der Waals surface area contributed by atoms with E-state index in [4.69, 9.17) is 4.74 Å². The Bertz CT molecular complexity index is 310. The fourth-order valence-corrected chi connectivity index (χ4v) is 1.52. The van der Waals surface area contributed by atoms with Crippen LogP contribution in [0.1, 0.15) is 34.1 Å². The van der Waals surface area contributed by atoms with Crippen LogP contribution in [0.3, 0.4) is 0 Å². The molecule has 0 radical (unpaired) electrons. The Balaban J connectivity index is 2.79. The van der Waals surface area contributed by atoms with Crippen molar-refractivity contribution in [1.29, 1.82) is 0 Å². The molecule has 6 nitrogen and oxygen atoms in total. The van der Waals surface area contributed by atoms with Gasteiger partial charge in [-0.15, -0.1) is 0 Å². The molecule has 1 amide bonds. The van der Waals surface area contributed by atoms with E-state index < -0.39 is 11.7 Å². The van der Waals surface area contributed by atoms with Gasteiger partial charge in [-0.1, -0.05) is 0 Å². The summed E-state index contributed by atoms with van der Waals surface area (Å²) in [6.07, 6.45) is 0.224. The molecule has 0 aliphatic carbocycles. The minimum atomic E-state index is -0.549.